The first-order valence-corrected chi connectivity index (χ1v) is 7.56. The molecule has 21 heavy (non-hydrogen) atoms. The molecular formula is C16H21ClN2O2. The zero-order valence-corrected chi connectivity index (χ0v) is 12.9. The Labute approximate surface area is 130 Å². The van der Waals surface area contributed by atoms with Gasteiger partial charge in [-0.1, -0.05) is 23.7 Å². The lowest BCUT2D eigenvalue weighted by Gasteiger charge is -2.27. The van der Waals surface area contributed by atoms with Gasteiger partial charge in [0.05, 0.1) is 13.2 Å². The molecule has 0 bridgehead atoms. The van der Waals surface area contributed by atoms with Crippen LogP contribution in [0, 0.1) is 0 Å². The third-order valence-corrected chi connectivity index (χ3v) is 3.76. The number of carbonyl (C=O) groups excluding carboxylic acids is 1. The van der Waals surface area contributed by atoms with E-state index in [9.17, 15) is 4.79 Å². The zero-order chi connectivity index (χ0) is 15.1. The third-order valence-electron chi connectivity index (χ3n) is 3.41. The van der Waals surface area contributed by atoms with E-state index in [0.29, 0.717) is 17.9 Å². The lowest BCUT2D eigenvalue weighted by atomic mass is 10.1. The molecule has 0 spiro atoms. The summed E-state index contributed by atoms with van der Waals surface area (Å²) in [5, 5.41) is 3.53. The van der Waals surface area contributed by atoms with Gasteiger partial charge in [0.1, 0.15) is 0 Å². The predicted molar refractivity (Wildman–Crippen MR) is 85.6 cm³/mol. The topological polar surface area (TPSA) is 41.6 Å². The van der Waals surface area contributed by atoms with Gasteiger partial charge in [0, 0.05) is 36.8 Å². The van der Waals surface area contributed by atoms with E-state index in [1.807, 2.05) is 18.2 Å². The minimum Gasteiger partial charge on any atom is -0.379 e. The quantitative estimate of drug-likeness (QED) is 0.821. The number of rotatable bonds is 6. The molecule has 5 heteroatoms. The van der Waals surface area contributed by atoms with E-state index in [4.69, 9.17) is 16.3 Å². The fourth-order valence-electron chi connectivity index (χ4n) is 2.21. The Morgan fingerprint density at radius 1 is 1.43 bits per heavy atom. The lowest BCUT2D eigenvalue weighted by Crippen LogP contribution is -2.35. The van der Waals surface area contributed by atoms with Crippen molar-refractivity contribution in [1.82, 2.24) is 4.90 Å². The van der Waals surface area contributed by atoms with Crippen molar-refractivity contribution in [2.45, 2.75) is 19.4 Å². The van der Waals surface area contributed by atoms with Gasteiger partial charge in [-0.15, -0.1) is 6.58 Å². The number of hydrogen-bond donors (Lipinski definition) is 1. The van der Waals surface area contributed by atoms with Crippen molar-refractivity contribution >= 4 is 23.2 Å². The highest BCUT2D eigenvalue weighted by atomic mass is 35.5. The molecule has 1 amide bonds. The number of hydrogen-bond acceptors (Lipinski definition) is 3. The Kier molecular flexibility index (Phi) is 6.23. The molecule has 1 aromatic rings. The molecular weight excluding hydrogens is 288 g/mol. The summed E-state index contributed by atoms with van der Waals surface area (Å²) in [7, 11) is 0. The summed E-state index contributed by atoms with van der Waals surface area (Å²) in [6, 6.07) is 5.68. The molecule has 1 fully saturated rings. The van der Waals surface area contributed by atoms with Crippen molar-refractivity contribution in [1.29, 1.82) is 0 Å². The number of carbonyl (C=O) groups is 1. The summed E-state index contributed by atoms with van der Waals surface area (Å²) in [4.78, 5) is 14.0. The second-order valence-electron chi connectivity index (χ2n) is 5.07. The molecule has 1 saturated heterocycles. The number of anilines is 1. The molecule has 0 aliphatic carbocycles. The molecule has 0 saturated carbocycles. The Morgan fingerprint density at radius 2 is 2.19 bits per heavy atom. The highest BCUT2D eigenvalue weighted by molar-refractivity contribution is 6.31. The summed E-state index contributed by atoms with van der Waals surface area (Å²) in [6.45, 7) is 7.82. The summed E-state index contributed by atoms with van der Waals surface area (Å²) in [6.07, 6.45) is 2.85. The highest BCUT2D eigenvalue weighted by Gasteiger charge is 2.13. The number of ether oxygens (including phenoxy) is 1. The van der Waals surface area contributed by atoms with E-state index in [2.05, 4.69) is 16.8 Å². The first-order chi connectivity index (χ1) is 10.2. The van der Waals surface area contributed by atoms with E-state index in [-0.39, 0.29) is 5.91 Å². The van der Waals surface area contributed by atoms with Gasteiger partial charge < -0.3 is 10.1 Å². The number of benzene rings is 1. The molecule has 0 atom stereocenters. The average molecular weight is 309 g/mol. The Hall–Kier alpha value is -1.36. The van der Waals surface area contributed by atoms with Crippen LogP contribution in [0.2, 0.25) is 5.02 Å². The normalized spacial score (nSPS) is 15.7. The standard InChI is InChI=1S/C16H21ClN2O2/c1-2-3-4-16(20)18-14-6-5-13(15(17)11-14)12-19-7-9-21-10-8-19/h2,5-6,11H,1,3-4,7-10,12H2,(H,18,20). The summed E-state index contributed by atoms with van der Waals surface area (Å²) >= 11 is 6.31. The molecule has 1 aliphatic heterocycles. The zero-order valence-electron chi connectivity index (χ0n) is 12.1. The molecule has 114 valence electrons. The number of allylic oxidation sites excluding steroid dienone is 1. The van der Waals surface area contributed by atoms with E-state index in [1.54, 1.807) is 6.08 Å². The lowest BCUT2D eigenvalue weighted by molar-refractivity contribution is -0.116. The molecule has 4 nitrogen and oxygen atoms in total. The maximum Gasteiger partial charge on any atom is 0.224 e. The van der Waals surface area contributed by atoms with Crippen LogP contribution in [0.4, 0.5) is 5.69 Å². The van der Waals surface area contributed by atoms with Crippen LogP contribution in [0.5, 0.6) is 0 Å². The van der Waals surface area contributed by atoms with Crippen LogP contribution in [0.25, 0.3) is 0 Å². The van der Waals surface area contributed by atoms with Crippen molar-refractivity contribution in [2.75, 3.05) is 31.6 Å². The summed E-state index contributed by atoms with van der Waals surface area (Å²) in [5.41, 5.74) is 1.81. The molecule has 1 aromatic carbocycles. The van der Waals surface area contributed by atoms with Crippen molar-refractivity contribution in [2.24, 2.45) is 0 Å². The van der Waals surface area contributed by atoms with E-state index < -0.39 is 0 Å². The number of halogens is 1. The van der Waals surface area contributed by atoms with Crippen LogP contribution in [0.15, 0.2) is 30.9 Å². The van der Waals surface area contributed by atoms with E-state index >= 15 is 0 Å². The molecule has 0 unspecified atom stereocenters. The van der Waals surface area contributed by atoms with Crippen LogP contribution in [-0.2, 0) is 16.1 Å². The summed E-state index contributed by atoms with van der Waals surface area (Å²) in [5.74, 6) is -0.0214. The van der Waals surface area contributed by atoms with E-state index in [0.717, 1.165) is 44.1 Å². The summed E-state index contributed by atoms with van der Waals surface area (Å²) < 4.78 is 5.33. The highest BCUT2D eigenvalue weighted by Crippen LogP contribution is 2.23. The monoisotopic (exact) mass is 308 g/mol. The van der Waals surface area contributed by atoms with E-state index in [1.165, 1.54) is 0 Å². The van der Waals surface area contributed by atoms with Crippen molar-refractivity contribution in [3.8, 4) is 0 Å². The second-order valence-corrected chi connectivity index (χ2v) is 5.48. The van der Waals surface area contributed by atoms with Gasteiger partial charge >= 0.3 is 0 Å². The smallest absolute Gasteiger partial charge is 0.224 e. The first kappa shape index (κ1) is 16.0. The molecule has 1 aliphatic rings. The van der Waals surface area contributed by atoms with Gasteiger partial charge in [-0.2, -0.15) is 0 Å². The Morgan fingerprint density at radius 3 is 2.86 bits per heavy atom. The first-order valence-electron chi connectivity index (χ1n) is 7.18. The second kappa shape index (κ2) is 8.17. The van der Waals surface area contributed by atoms with Crippen LogP contribution in [-0.4, -0.2) is 37.1 Å². The van der Waals surface area contributed by atoms with Crippen LogP contribution in [0.3, 0.4) is 0 Å². The van der Waals surface area contributed by atoms with Gasteiger partial charge in [-0.3, -0.25) is 9.69 Å². The molecule has 0 aromatic heterocycles. The van der Waals surface area contributed by atoms with Gasteiger partial charge in [-0.25, -0.2) is 0 Å². The fraction of sp³-hybridized carbons (Fsp3) is 0.438. The Bertz CT molecular complexity index is 499. The van der Waals surface area contributed by atoms with Gasteiger partial charge in [0.25, 0.3) is 0 Å². The van der Waals surface area contributed by atoms with Gasteiger partial charge in [0.15, 0.2) is 0 Å². The average Bonchev–Trinajstić information content (AvgIpc) is 2.49. The van der Waals surface area contributed by atoms with Crippen molar-refractivity contribution in [3.63, 3.8) is 0 Å². The maximum absolute atomic E-state index is 11.7. The number of morpholine rings is 1. The Balaban J connectivity index is 1.93. The number of nitrogens with one attached hydrogen (secondary N) is 1. The van der Waals surface area contributed by atoms with Crippen LogP contribution < -0.4 is 5.32 Å². The number of nitrogens with zero attached hydrogens (tertiary/aromatic N) is 1. The predicted octanol–water partition coefficient (Wildman–Crippen LogP) is 3.08. The third kappa shape index (κ3) is 5.16. The van der Waals surface area contributed by atoms with Crippen LogP contribution in [0.1, 0.15) is 18.4 Å². The molecule has 0 radical (unpaired) electrons. The minimum atomic E-state index is -0.0214. The van der Waals surface area contributed by atoms with Gasteiger partial charge in [-0.05, 0) is 24.1 Å². The maximum atomic E-state index is 11.7. The largest absolute Gasteiger partial charge is 0.379 e. The van der Waals surface area contributed by atoms with Gasteiger partial charge in [0.2, 0.25) is 5.91 Å². The van der Waals surface area contributed by atoms with Crippen molar-refractivity contribution in [3.05, 3.63) is 41.4 Å². The number of amides is 1. The van der Waals surface area contributed by atoms with Crippen molar-refractivity contribution < 1.29 is 9.53 Å². The fourth-order valence-corrected chi connectivity index (χ4v) is 2.45. The minimum absolute atomic E-state index is 0.0214. The molecule has 2 rings (SSSR count). The SMILES string of the molecule is C=CCCC(=O)Nc1ccc(CN2CCOCC2)c(Cl)c1. The molecule has 1 heterocycles. The van der Waals surface area contributed by atoms with Crippen LogP contribution >= 0.6 is 11.6 Å². The molecule has 1 N–H and O–H groups in total.